The zero-order valence-corrected chi connectivity index (χ0v) is 9.01. The van der Waals surface area contributed by atoms with Crippen LogP contribution < -0.4 is 0 Å². The summed E-state index contributed by atoms with van der Waals surface area (Å²) in [5.74, 6) is 0.447. The van der Waals surface area contributed by atoms with Crippen molar-refractivity contribution in [3.05, 3.63) is 0 Å². The number of hydrogen-bond acceptors (Lipinski definition) is 3. The van der Waals surface area contributed by atoms with E-state index in [1.54, 1.807) is 0 Å². The number of nitrogens with zero attached hydrogens (tertiary/aromatic N) is 1. The van der Waals surface area contributed by atoms with Crippen LogP contribution in [0.3, 0.4) is 0 Å². The van der Waals surface area contributed by atoms with E-state index in [0.29, 0.717) is 12.6 Å². The topological polar surface area (TPSA) is 40.5 Å². The summed E-state index contributed by atoms with van der Waals surface area (Å²) >= 11 is 1.98. The van der Waals surface area contributed by atoms with Gasteiger partial charge in [-0.05, 0) is 13.5 Å². The number of aliphatic carboxylic acids is 1. The molecule has 0 spiro atoms. The highest BCUT2D eigenvalue weighted by molar-refractivity contribution is 8.00. The Kier molecular flexibility index (Phi) is 4.06. The summed E-state index contributed by atoms with van der Waals surface area (Å²) in [6, 6.07) is 0.583. The highest BCUT2D eigenvalue weighted by Crippen LogP contribution is 2.28. The average molecular weight is 203 g/mol. The zero-order chi connectivity index (χ0) is 9.84. The van der Waals surface area contributed by atoms with Crippen molar-refractivity contribution in [3.8, 4) is 0 Å². The van der Waals surface area contributed by atoms with Gasteiger partial charge < -0.3 is 10.0 Å². The first kappa shape index (κ1) is 10.9. The minimum Gasteiger partial charge on any atom is -0.481 e. The Balaban J connectivity index is 2.23. The average Bonchev–Trinajstić information content (AvgIpc) is 2.47. The second-order valence-electron chi connectivity index (χ2n) is 3.66. The van der Waals surface area contributed by atoms with Crippen LogP contribution in [0, 0.1) is 0 Å². The smallest absolute Gasteiger partial charge is 0.304 e. The van der Waals surface area contributed by atoms with E-state index in [0.717, 1.165) is 11.0 Å². The summed E-state index contributed by atoms with van der Waals surface area (Å²) in [6.07, 6.45) is 1.45. The predicted octanol–water partition coefficient (Wildman–Crippen LogP) is 1.29. The van der Waals surface area contributed by atoms with Gasteiger partial charge in [0, 0.05) is 23.6 Å². The van der Waals surface area contributed by atoms with Gasteiger partial charge in [-0.2, -0.15) is 11.8 Å². The number of carboxylic acid groups (broad SMARTS) is 1. The van der Waals surface area contributed by atoms with Crippen molar-refractivity contribution in [2.24, 2.45) is 0 Å². The van der Waals surface area contributed by atoms with E-state index in [4.69, 9.17) is 5.11 Å². The summed E-state index contributed by atoms with van der Waals surface area (Å²) in [5, 5.41) is 9.26. The van der Waals surface area contributed by atoms with Gasteiger partial charge in [-0.15, -0.1) is 0 Å². The Morgan fingerprint density at radius 3 is 2.85 bits per heavy atom. The van der Waals surface area contributed by atoms with Crippen molar-refractivity contribution in [1.82, 2.24) is 4.90 Å². The number of carbonyl (C=O) groups is 1. The third kappa shape index (κ3) is 3.56. The van der Waals surface area contributed by atoms with Crippen LogP contribution in [-0.4, -0.2) is 46.6 Å². The van der Waals surface area contributed by atoms with Crippen LogP contribution >= 0.6 is 11.8 Å². The molecule has 1 aliphatic rings. The monoisotopic (exact) mass is 203 g/mol. The van der Waals surface area contributed by atoms with E-state index in [1.807, 2.05) is 18.8 Å². The fraction of sp³-hybridized carbons (Fsp3) is 0.889. The molecular formula is C9H17NO2S. The number of carboxylic acids is 1. The lowest BCUT2D eigenvalue weighted by molar-refractivity contribution is -0.137. The maximum Gasteiger partial charge on any atom is 0.304 e. The second-order valence-corrected chi connectivity index (χ2v) is 5.13. The van der Waals surface area contributed by atoms with Gasteiger partial charge in [-0.3, -0.25) is 4.79 Å². The van der Waals surface area contributed by atoms with Crippen molar-refractivity contribution < 1.29 is 9.90 Å². The fourth-order valence-corrected chi connectivity index (χ4v) is 2.86. The lowest BCUT2D eigenvalue weighted by Crippen LogP contribution is -2.33. The minimum atomic E-state index is -0.703. The van der Waals surface area contributed by atoms with Crippen molar-refractivity contribution in [2.75, 3.05) is 19.3 Å². The molecule has 0 saturated carbocycles. The summed E-state index contributed by atoms with van der Waals surface area (Å²) in [4.78, 5) is 12.5. The Hall–Kier alpha value is -0.220. The fourth-order valence-electron chi connectivity index (χ4n) is 1.56. The van der Waals surface area contributed by atoms with Crippen LogP contribution in [-0.2, 0) is 4.79 Å². The third-order valence-electron chi connectivity index (χ3n) is 2.48. The molecule has 2 unspecified atom stereocenters. The van der Waals surface area contributed by atoms with Gasteiger partial charge in [0.25, 0.3) is 0 Å². The molecule has 0 radical (unpaired) electrons. The molecule has 1 N–H and O–H groups in total. The molecular weight excluding hydrogens is 186 g/mol. The minimum absolute atomic E-state index is 0.256. The summed E-state index contributed by atoms with van der Waals surface area (Å²) in [5.41, 5.74) is 0. The molecule has 0 aromatic carbocycles. The molecule has 4 heteroatoms. The highest BCUT2D eigenvalue weighted by Gasteiger charge is 2.25. The third-order valence-corrected chi connectivity index (χ3v) is 3.82. The van der Waals surface area contributed by atoms with Crippen LogP contribution in [0.25, 0.3) is 0 Å². The van der Waals surface area contributed by atoms with Gasteiger partial charge in [0.2, 0.25) is 0 Å². The molecule has 13 heavy (non-hydrogen) atoms. The number of thioether (sulfide) groups is 1. The normalized spacial score (nSPS) is 28.2. The molecule has 0 bridgehead atoms. The largest absolute Gasteiger partial charge is 0.481 e. The lowest BCUT2D eigenvalue weighted by Gasteiger charge is -2.22. The van der Waals surface area contributed by atoms with Crippen molar-refractivity contribution in [2.45, 2.75) is 31.1 Å². The van der Waals surface area contributed by atoms with Crippen molar-refractivity contribution in [1.29, 1.82) is 0 Å². The molecule has 3 nitrogen and oxygen atoms in total. The van der Waals surface area contributed by atoms with Gasteiger partial charge in [-0.25, -0.2) is 0 Å². The van der Waals surface area contributed by atoms with Crippen LogP contribution in [0.4, 0.5) is 0 Å². The molecule has 1 rings (SSSR count). The molecule has 0 amide bonds. The Bertz CT molecular complexity index is 186. The molecule has 0 aromatic heterocycles. The van der Waals surface area contributed by atoms with Gasteiger partial charge >= 0.3 is 5.97 Å². The van der Waals surface area contributed by atoms with Gasteiger partial charge in [-0.1, -0.05) is 6.92 Å². The first-order chi connectivity index (χ1) is 6.09. The SMILES string of the molecule is CC1CC(N(C)CCC(=O)O)CS1. The quantitative estimate of drug-likeness (QED) is 0.747. The highest BCUT2D eigenvalue weighted by atomic mass is 32.2. The summed E-state index contributed by atoms with van der Waals surface area (Å²) in [7, 11) is 2.02. The Morgan fingerprint density at radius 1 is 1.69 bits per heavy atom. The van der Waals surface area contributed by atoms with Gasteiger partial charge in [0.1, 0.15) is 0 Å². The van der Waals surface area contributed by atoms with E-state index in [9.17, 15) is 4.79 Å². The van der Waals surface area contributed by atoms with Crippen LogP contribution in [0.5, 0.6) is 0 Å². The zero-order valence-electron chi connectivity index (χ0n) is 8.19. The predicted molar refractivity (Wildman–Crippen MR) is 55.2 cm³/mol. The lowest BCUT2D eigenvalue weighted by atomic mass is 10.1. The van der Waals surface area contributed by atoms with Gasteiger partial charge in [0.15, 0.2) is 0 Å². The number of hydrogen-bond donors (Lipinski definition) is 1. The summed E-state index contributed by atoms with van der Waals surface area (Å²) < 4.78 is 0. The first-order valence-corrected chi connectivity index (χ1v) is 5.68. The van der Waals surface area contributed by atoms with Crippen molar-refractivity contribution >= 4 is 17.7 Å². The maximum absolute atomic E-state index is 10.4. The molecule has 1 saturated heterocycles. The van der Waals surface area contributed by atoms with E-state index < -0.39 is 5.97 Å². The number of rotatable bonds is 4. The summed E-state index contributed by atoms with van der Waals surface area (Å²) in [6.45, 7) is 2.91. The molecule has 0 aliphatic carbocycles. The first-order valence-electron chi connectivity index (χ1n) is 4.63. The van der Waals surface area contributed by atoms with Crippen molar-refractivity contribution in [3.63, 3.8) is 0 Å². The molecule has 1 aliphatic heterocycles. The molecule has 76 valence electrons. The molecule has 2 atom stereocenters. The van der Waals surface area contributed by atoms with E-state index in [1.165, 1.54) is 6.42 Å². The Labute approximate surface area is 83.5 Å². The van der Waals surface area contributed by atoms with Crippen LogP contribution in [0.2, 0.25) is 0 Å². The van der Waals surface area contributed by atoms with E-state index >= 15 is 0 Å². The molecule has 1 heterocycles. The molecule has 1 fully saturated rings. The second kappa shape index (κ2) is 4.86. The van der Waals surface area contributed by atoms with E-state index in [2.05, 4.69) is 11.8 Å². The standard InChI is InChI=1S/C9H17NO2S/c1-7-5-8(6-13-7)10(2)4-3-9(11)12/h7-8H,3-6H2,1-2H3,(H,11,12). The van der Waals surface area contributed by atoms with Crippen LogP contribution in [0.1, 0.15) is 19.8 Å². The molecule has 0 aromatic rings. The van der Waals surface area contributed by atoms with Gasteiger partial charge in [0.05, 0.1) is 6.42 Å². The Morgan fingerprint density at radius 2 is 2.38 bits per heavy atom. The van der Waals surface area contributed by atoms with E-state index in [-0.39, 0.29) is 6.42 Å². The van der Waals surface area contributed by atoms with Crippen LogP contribution in [0.15, 0.2) is 0 Å². The maximum atomic E-state index is 10.4.